The van der Waals surface area contributed by atoms with Crippen LogP contribution in [0, 0.1) is 5.82 Å². The van der Waals surface area contributed by atoms with Gasteiger partial charge in [-0.1, -0.05) is 17.8 Å². The third-order valence-electron chi connectivity index (χ3n) is 2.45. The Morgan fingerprint density at radius 2 is 2.17 bits per heavy atom. The molecule has 0 radical (unpaired) electrons. The fourth-order valence-corrected chi connectivity index (χ4v) is 2.08. The Morgan fingerprint density at radius 1 is 1.50 bits per heavy atom. The molecule has 18 heavy (non-hydrogen) atoms. The zero-order valence-corrected chi connectivity index (χ0v) is 10.8. The van der Waals surface area contributed by atoms with E-state index in [1.54, 1.807) is 0 Å². The average molecular weight is 273 g/mol. The highest BCUT2D eigenvalue weighted by Crippen LogP contribution is 2.23. The first kappa shape index (κ1) is 14.9. The summed E-state index contributed by atoms with van der Waals surface area (Å²) < 4.78 is 13.2. The van der Waals surface area contributed by atoms with Gasteiger partial charge in [0.1, 0.15) is 11.9 Å². The summed E-state index contributed by atoms with van der Waals surface area (Å²) in [4.78, 5) is 10.7. The van der Waals surface area contributed by atoms with E-state index in [2.05, 4.69) is 0 Å². The standard InChI is InChI=1S/C12H16FNO3S/c1-7(15)18-5-4-11(16)12(17)8-2-3-10(14)9(13)6-8/h2-3,6,11-12,16-17H,4-5,14H2,1H3. The minimum atomic E-state index is -1.19. The second-order valence-electron chi connectivity index (χ2n) is 3.92. The van der Waals surface area contributed by atoms with Crippen molar-refractivity contribution in [1.82, 2.24) is 0 Å². The van der Waals surface area contributed by atoms with Crippen LogP contribution in [0.15, 0.2) is 18.2 Å². The van der Waals surface area contributed by atoms with E-state index in [4.69, 9.17) is 5.73 Å². The lowest BCUT2D eigenvalue weighted by Crippen LogP contribution is -2.19. The molecule has 1 aromatic rings. The first-order chi connectivity index (χ1) is 8.41. The summed E-state index contributed by atoms with van der Waals surface area (Å²) >= 11 is 1.07. The number of aliphatic hydroxyl groups is 2. The van der Waals surface area contributed by atoms with Gasteiger partial charge in [-0.2, -0.15) is 0 Å². The highest BCUT2D eigenvalue weighted by atomic mass is 32.2. The van der Waals surface area contributed by atoms with Crippen LogP contribution in [0.2, 0.25) is 0 Å². The van der Waals surface area contributed by atoms with E-state index >= 15 is 0 Å². The topological polar surface area (TPSA) is 83.5 Å². The van der Waals surface area contributed by atoms with Crippen molar-refractivity contribution in [2.75, 3.05) is 11.5 Å². The number of hydrogen-bond acceptors (Lipinski definition) is 5. The molecule has 0 aliphatic rings. The molecular weight excluding hydrogens is 257 g/mol. The summed E-state index contributed by atoms with van der Waals surface area (Å²) in [7, 11) is 0. The molecule has 6 heteroatoms. The third-order valence-corrected chi connectivity index (χ3v) is 3.30. The largest absolute Gasteiger partial charge is 0.396 e. The smallest absolute Gasteiger partial charge is 0.185 e. The molecule has 0 amide bonds. The number of nitrogen functional groups attached to an aromatic ring is 1. The molecule has 100 valence electrons. The van der Waals surface area contributed by atoms with Gasteiger partial charge in [-0.05, 0) is 24.1 Å². The predicted octanol–water partition coefficient (Wildman–Crippen LogP) is 1.47. The van der Waals surface area contributed by atoms with E-state index in [-0.39, 0.29) is 22.8 Å². The van der Waals surface area contributed by atoms with Crippen LogP contribution in [-0.4, -0.2) is 27.2 Å². The average Bonchev–Trinajstić information content (AvgIpc) is 2.31. The lowest BCUT2D eigenvalue weighted by Gasteiger charge is -2.18. The van der Waals surface area contributed by atoms with Gasteiger partial charge in [-0.3, -0.25) is 4.79 Å². The number of halogens is 1. The SMILES string of the molecule is CC(=O)SCCC(O)C(O)c1ccc(N)c(F)c1. The van der Waals surface area contributed by atoms with Crippen molar-refractivity contribution in [3.63, 3.8) is 0 Å². The number of hydrogen-bond donors (Lipinski definition) is 3. The fourth-order valence-electron chi connectivity index (χ4n) is 1.43. The van der Waals surface area contributed by atoms with Crippen LogP contribution >= 0.6 is 11.8 Å². The number of thioether (sulfide) groups is 1. The van der Waals surface area contributed by atoms with Crippen molar-refractivity contribution >= 4 is 22.6 Å². The number of benzene rings is 1. The number of nitrogens with two attached hydrogens (primary N) is 1. The van der Waals surface area contributed by atoms with Crippen molar-refractivity contribution in [2.45, 2.75) is 25.6 Å². The zero-order chi connectivity index (χ0) is 13.7. The maximum Gasteiger partial charge on any atom is 0.185 e. The van der Waals surface area contributed by atoms with Gasteiger partial charge in [0.05, 0.1) is 11.8 Å². The molecule has 0 heterocycles. The van der Waals surface area contributed by atoms with E-state index in [0.29, 0.717) is 5.75 Å². The van der Waals surface area contributed by atoms with Crippen LogP contribution in [0.4, 0.5) is 10.1 Å². The maximum atomic E-state index is 13.2. The van der Waals surface area contributed by atoms with Crippen LogP contribution in [0.5, 0.6) is 0 Å². The highest BCUT2D eigenvalue weighted by Gasteiger charge is 2.19. The molecule has 2 atom stereocenters. The van der Waals surface area contributed by atoms with Crippen molar-refractivity contribution < 1.29 is 19.4 Å². The second-order valence-corrected chi connectivity index (χ2v) is 5.19. The van der Waals surface area contributed by atoms with E-state index < -0.39 is 18.0 Å². The Balaban J connectivity index is 2.59. The van der Waals surface area contributed by atoms with E-state index in [1.165, 1.54) is 19.1 Å². The van der Waals surface area contributed by atoms with Gasteiger partial charge >= 0.3 is 0 Å². The number of rotatable bonds is 5. The maximum absolute atomic E-state index is 13.2. The van der Waals surface area contributed by atoms with Gasteiger partial charge in [0.2, 0.25) is 0 Å². The van der Waals surface area contributed by atoms with Crippen LogP contribution in [-0.2, 0) is 4.79 Å². The molecule has 0 saturated heterocycles. The van der Waals surface area contributed by atoms with Gasteiger partial charge < -0.3 is 15.9 Å². The lowest BCUT2D eigenvalue weighted by atomic mass is 10.0. The molecule has 0 spiro atoms. The van der Waals surface area contributed by atoms with Crippen LogP contribution in [0.3, 0.4) is 0 Å². The predicted molar refractivity (Wildman–Crippen MR) is 69.5 cm³/mol. The Labute approximate surface area is 109 Å². The van der Waals surface area contributed by atoms with Gasteiger partial charge in [0.25, 0.3) is 0 Å². The fraction of sp³-hybridized carbons (Fsp3) is 0.417. The van der Waals surface area contributed by atoms with Crippen LogP contribution in [0.25, 0.3) is 0 Å². The zero-order valence-electron chi connectivity index (χ0n) is 9.97. The molecule has 0 aromatic heterocycles. The Bertz CT molecular complexity index is 428. The molecule has 4 nitrogen and oxygen atoms in total. The number of carbonyl (C=O) groups excluding carboxylic acids is 1. The van der Waals surface area contributed by atoms with Crippen molar-refractivity contribution in [3.05, 3.63) is 29.6 Å². The van der Waals surface area contributed by atoms with Crippen molar-refractivity contribution in [2.24, 2.45) is 0 Å². The molecule has 0 aliphatic heterocycles. The minimum Gasteiger partial charge on any atom is -0.396 e. The summed E-state index contributed by atoms with van der Waals surface area (Å²) in [5.41, 5.74) is 5.58. The second kappa shape index (κ2) is 6.72. The first-order valence-corrected chi connectivity index (χ1v) is 6.44. The van der Waals surface area contributed by atoms with E-state index in [1.807, 2.05) is 0 Å². The Hall–Kier alpha value is -1.11. The molecule has 1 rings (SSSR count). The lowest BCUT2D eigenvalue weighted by molar-refractivity contribution is -0.109. The Kier molecular flexibility index (Phi) is 5.58. The number of aliphatic hydroxyl groups excluding tert-OH is 2. The first-order valence-electron chi connectivity index (χ1n) is 5.46. The summed E-state index contributed by atoms with van der Waals surface area (Å²) in [5, 5.41) is 19.5. The monoisotopic (exact) mass is 273 g/mol. The molecule has 1 aromatic carbocycles. The molecule has 0 aliphatic carbocycles. The summed E-state index contributed by atoms with van der Waals surface area (Å²) in [5.74, 6) is -0.220. The minimum absolute atomic E-state index is 0.00687. The molecule has 0 saturated carbocycles. The van der Waals surface area contributed by atoms with Crippen LogP contribution in [0.1, 0.15) is 25.0 Å². The van der Waals surface area contributed by atoms with Crippen molar-refractivity contribution in [3.8, 4) is 0 Å². The summed E-state index contributed by atoms with van der Waals surface area (Å²) in [6.45, 7) is 1.43. The van der Waals surface area contributed by atoms with Gasteiger partial charge in [0.15, 0.2) is 5.12 Å². The number of carbonyl (C=O) groups is 1. The Morgan fingerprint density at radius 3 is 2.72 bits per heavy atom. The van der Waals surface area contributed by atoms with Gasteiger partial charge in [-0.15, -0.1) is 0 Å². The number of anilines is 1. The van der Waals surface area contributed by atoms with E-state index in [9.17, 15) is 19.4 Å². The van der Waals surface area contributed by atoms with Gasteiger partial charge in [0, 0.05) is 12.7 Å². The van der Waals surface area contributed by atoms with Crippen LogP contribution < -0.4 is 5.73 Å². The normalized spacial score (nSPS) is 14.2. The van der Waals surface area contributed by atoms with Crippen molar-refractivity contribution in [1.29, 1.82) is 0 Å². The molecule has 4 N–H and O–H groups in total. The highest BCUT2D eigenvalue weighted by molar-refractivity contribution is 8.13. The summed E-state index contributed by atoms with van der Waals surface area (Å²) in [6, 6.07) is 3.90. The summed E-state index contributed by atoms with van der Waals surface area (Å²) in [6.07, 6.45) is -1.98. The van der Waals surface area contributed by atoms with E-state index in [0.717, 1.165) is 17.8 Å². The molecule has 0 fully saturated rings. The third kappa shape index (κ3) is 4.29. The molecule has 0 bridgehead atoms. The van der Waals surface area contributed by atoms with Gasteiger partial charge in [-0.25, -0.2) is 4.39 Å². The quantitative estimate of drug-likeness (QED) is 0.708. The molecular formula is C12H16FNO3S. The molecule has 2 unspecified atom stereocenters.